The molecule has 2 aromatic rings. The maximum atomic E-state index is 12.7. The summed E-state index contributed by atoms with van der Waals surface area (Å²) in [5.74, 6) is -1.69. The largest absolute Gasteiger partial charge is 0.481 e. The lowest BCUT2D eigenvalue weighted by atomic mass is 9.87. The number of aliphatic hydroxyl groups is 3. The Morgan fingerprint density at radius 2 is 1.67 bits per heavy atom. The summed E-state index contributed by atoms with van der Waals surface area (Å²) in [6.45, 7) is 2.86. The van der Waals surface area contributed by atoms with Crippen LogP contribution in [-0.4, -0.2) is 139 Å². The number of nitrogens with two attached hydrogens (primary N) is 1. The smallest absolute Gasteiger partial charge is 0.389 e. The Hall–Kier alpha value is -2.81. The molecule has 1 aliphatic rings. The summed E-state index contributed by atoms with van der Waals surface area (Å²) in [7, 11) is -16.5. The van der Waals surface area contributed by atoms with Crippen molar-refractivity contribution < 1.29 is 90.4 Å². The minimum Gasteiger partial charge on any atom is -0.389 e. The molecule has 0 aromatic carbocycles. The van der Waals surface area contributed by atoms with Gasteiger partial charge < -0.3 is 56.0 Å². The molecule has 328 valence electrons. The molecule has 3 rings (SSSR count). The van der Waals surface area contributed by atoms with Crippen molar-refractivity contribution in [1.82, 2.24) is 30.2 Å². The summed E-state index contributed by atoms with van der Waals surface area (Å²) < 4.78 is 62.0. The van der Waals surface area contributed by atoms with E-state index in [1.807, 2.05) is 0 Å². The van der Waals surface area contributed by atoms with E-state index < -0.39 is 90.2 Å². The Balaban J connectivity index is 1.47. The number of carbonyl (C=O) groups excluding carboxylic acids is 4. The lowest BCUT2D eigenvalue weighted by molar-refractivity contribution is -0.137. The van der Waals surface area contributed by atoms with Crippen LogP contribution in [0, 0.1) is 5.41 Å². The molecule has 2 aromatic heterocycles. The lowest BCUT2D eigenvalue weighted by Crippen LogP contribution is -2.46. The number of hydrogen-bond acceptors (Lipinski definition) is 20. The number of nitrogens with one attached hydrogen (secondary N) is 2. The molecule has 1 aliphatic heterocycles. The normalized spacial score (nSPS) is 22.4. The predicted molar refractivity (Wildman–Crippen MR) is 198 cm³/mol. The van der Waals surface area contributed by atoms with Gasteiger partial charge in [0.15, 0.2) is 22.8 Å². The Morgan fingerprint density at radius 3 is 2.31 bits per heavy atom. The van der Waals surface area contributed by atoms with Crippen LogP contribution >= 0.6 is 35.2 Å². The van der Waals surface area contributed by atoms with Gasteiger partial charge in [-0.1, -0.05) is 25.6 Å². The second-order valence-electron chi connectivity index (χ2n) is 13.8. The van der Waals surface area contributed by atoms with Crippen molar-refractivity contribution in [3.63, 3.8) is 0 Å². The second kappa shape index (κ2) is 20.2. The number of carbonyl (C=O) groups is 4. The molecule has 0 aliphatic carbocycles. The van der Waals surface area contributed by atoms with Crippen molar-refractivity contribution in [1.29, 1.82) is 0 Å². The van der Waals surface area contributed by atoms with Gasteiger partial charge >= 0.3 is 23.5 Å². The van der Waals surface area contributed by atoms with Crippen LogP contribution in [0.5, 0.6) is 0 Å². The topological polar surface area (TPSA) is 401 Å². The number of nitrogen functional groups attached to an aromatic ring is 1. The molecule has 0 radical (unpaired) electrons. The van der Waals surface area contributed by atoms with Gasteiger partial charge in [-0.25, -0.2) is 28.6 Å². The molecule has 3 unspecified atom stereocenters. The van der Waals surface area contributed by atoms with E-state index in [-0.39, 0.29) is 66.0 Å². The second-order valence-corrected chi connectivity index (χ2v) is 19.2. The molecule has 58 heavy (non-hydrogen) atoms. The van der Waals surface area contributed by atoms with Gasteiger partial charge in [-0.2, -0.15) is 4.31 Å². The number of thioether (sulfide) groups is 1. The highest BCUT2D eigenvalue weighted by molar-refractivity contribution is 8.13. The third kappa shape index (κ3) is 15.3. The highest BCUT2D eigenvalue weighted by Crippen LogP contribution is 2.61. The number of nitrogens with zero attached hydrogens (tertiary/aromatic N) is 4. The van der Waals surface area contributed by atoms with E-state index in [0.29, 0.717) is 0 Å². The van der Waals surface area contributed by atoms with Crippen LogP contribution in [0.25, 0.3) is 11.2 Å². The van der Waals surface area contributed by atoms with Gasteiger partial charge in [0.1, 0.15) is 42.0 Å². The lowest BCUT2D eigenvalue weighted by Gasteiger charge is -2.30. The van der Waals surface area contributed by atoms with E-state index in [1.165, 1.54) is 27.7 Å². The van der Waals surface area contributed by atoms with Crippen LogP contribution < -0.4 is 16.4 Å². The van der Waals surface area contributed by atoms with E-state index in [4.69, 9.17) is 19.5 Å². The molecular formula is C28H46N7O19P3S. The van der Waals surface area contributed by atoms with Gasteiger partial charge in [0.2, 0.25) is 11.8 Å². The van der Waals surface area contributed by atoms with Crippen LogP contribution in [0.3, 0.4) is 0 Å². The number of Topliss-reactive ketones (excluding diaryl/α,β-unsaturated/α-hetero) is 1. The molecule has 1 saturated heterocycles. The predicted octanol–water partition coefficient (Wildman–Crippen LogP) is -1.22. The quantitative estimate of drug-likeness (QED) is 0.0461. The van der Waals surface area contributed by atoms with E-state index in [0.717, 1.165) is 29.0 Å². The van der Waals surface area contributed by atoms with E-state index in [2.05, 4.69) is 34.4 Å². The standard InChI is InChI=1S/C28H46N7O19P3S/c1-15(36)9-28(4,42)10-18(38)58-8-7-30-17(37)5-6-31-25(41)22(40)27(2,3)12-51-57(48,49)54-56(46,47)50-11-16-21(53-55(43,44)45)20(39)26(52-16)35-14-34-19-23(29)32-13-33-24(19)35/h13-14,16,20-22,26,39-40,42H,5-12H2,1-4H3,(H,30,37)(H,31,41)(H,46,47)(H,48,49)(H2,29,32,33)(H2,43,44,45)/t16-,20?,21+,22+,26-,28+/m1/s1. The van der Waals surface area contributed by atoms with Gasteiger partial charge in [-0.15, -0.1) is 0 Å². The highest BCUT2D eigenvalue weighted by Gasteiger charge is 2.50. The SMILES string of the molecule is CC(=O)C[C@](C)(O)CC(=O)SCCNC(=O)CCNC(=O)[C@H](O)C(C)(C)COP(=O)(O)OP(=O)(O)OC[C@H]1O[C@@H](n2cnc3c(N)ncnc32)C(O)[C@H]1OP(=O)(O)O. The van der Waals surface area contributed by atoms with Crippen molar-refractivity contribution in [2.24, 2.45) is 5.41 Å². The fourth-order valence-corrected chi connectivity index (χ4v) is 8.93. The van der Waals surface area contributed by atoms with Crippen LogP contribution in [0.4, 0.5) is 5.82 Å². The molecule has 1 fully saturated rings. The first-order valence-electron chi connectivity index (χ1n) is 16.9. The molecule has 26 nitrogen and oxygen atoms in total. The summed E-state index contributed by atoms with van der Waals surface area (Å²) in [5, 5.41) is 36.0. The van der Waals surface area contributed by atoms with Crippen molar-refractivity contribution in [2.45, 2.75) is 83.2 Å². The minimum absolute atomic E-state index is 0.0195. The number of fused-ring (bicyclic) bond motifs is 1. The molecule has 0 bridgehead atoms. The first-order valence-corrected chi connectivity index (χ1v) is 22.4. The maximum Gasteiger partial charge on any atom is 0.481 e. The number of rotatable bonds is 23. The first-order chi connectivity index (χ1) is 26.6. The molecule has 2 amide bonds. The zero-order valence-corrected chi connectivity index (χ0v) is 34.8. The number of aliphatic hydroxyl groups excluding tert-OH is 2. The first kappa shape index (κ1) is 49.6. The number of ketones is 1. The van der Waals surface area contributed by atoms with Crippen LogP contribution in [-0.2, 0) is 55.5 Å². The van der Waals surface area contributed by atoms with E-state index in [9.17, 15) is 67.8 Å². The van der Waals surface area contributed by atoms with Crippen molar-refractivity contribution >= 4 is 74.9 Å². The molecule has 11 N–H and O–H groups in total. The Bertz CT molecular complexity index is 1950. The van der Waals surface area contributed by atoms with Crippen LogP contribution in [0.1, 0.15) is 53.2 Å². The number of ether oxygens (including phenoxy) is 1. The number of aromatic nitrogens is 4. The molecule has 3 heterocycles. The number of amides is 2. The molecule has 0 spiro atoms. The molecule has 8 atom stereocenters. The monoisotopic (exact) mass is 909 g/mol. The third-order valence-corrected chi connectivity index (χ3v) is 11.9. The number of phosphoric ester groups is 3. The van der Waals surface area contributed by atoms with Gasteiger partial charge in [-0.3, -0.25) is 37.3 Å². The number of imidazole rings is 1. The van der Waals surface area contributed by atoms with Gasteiger partial charge in [-0.05, 0) is 13.8 Å². The minimum atomic E-state index is -5.59. The Morgan fingerprint density at radius 1 is 1.02 bits per heavy atom. The van der Waals surface area contributed by atoms with Crippen LogP contribution in [0.15, 0.2) is 12.7 Å². The molecule has 0 saturated carbocycles. The molecule has 30 heteroatoms. The molecular weight excluding hydrogens is 863 g/mol. The van der Waals surface area contributed by atoms with Crippen LogP contribution in [0.2, 0.25) is 0 Å². The Labute approximate surface area is 334 Å². The summed E-state index contributed by atoms with van der Waals surface area (Å²) in [4.78, 5) is 98.8. The van der Waals surface area contributed by atoms with Gasteiger partial charge in [0.05, 0.1) is 25.1 Å². The number of anilines is 1. The zero-order valence-electron chi connectivity index (χ0n) is 31.3. The maximum absolute atomic E-state index is 12.7. The average Bonchev–Trinajstić information content (AvgIpc) is 3.63. The summed E-state index contributed by atoms with van der Waals surface area (Å²) >= 11 is 0.853. The van der Waals surface area contributed by atoms with Crippen molar-refractivity contribution in [2.75, 3.05) is 37.8 Å². The average molecular weight is 910 g/mol. The fraction of sp³-hybridized carbons (Fsp3) is 0.679. The van der Waals surface area contributed by atoms with Crippen molar-refractivity contribution in [3.8, 4) is 0 Å². The zero-order chi connectivity index (χ0) is 43.9. The fourth-order valence-electron chi connectivity index (χ4n) is 5.26. The van der Waals surface area contributed by atoms with Crippen molar-refractivity contribution in [3.05, 3.63) is 12.7 Å². The number of phosphoric acid groups is 3. The highest BCUT2D eigenvalue weighted by atomic mass is 32.2. The van der Waals surface area contributed by atoms with E-state index >= 15 is 0 Å². The van der Waals surface area contributed by atoms with Gasteiger partial charge in [0, 0.05) is 43.5 Å². The van der Waals surface area contributed by atoms with Gasteiger partial charge in [0.25, 0.3) is 0 Å². The Kier molecular flexibility index (Phi) is 17.2. The summed E-state index contributed by atoms with van der Waals surface area (Å²) in [6.07, 6.45) is -7.54. The van der Waals surface area contributed by atoms with E-state index in [1.54, 1.807) is 0 Å². The summed E-state index contributed by atoms with van der Waals surface area (Å²) in [6, 6.07) is 0. The third-order valence-electron chi connectivity index (χ3n) is 7.92. The summed E-state index contributed by atoms with van der Waals surface area (Å²) in [5.41, 5.74) is 2.72. The number of hydrogen-bond donors (Lipinski definition) is 10.